The molecule has 1 amide bonds. The zero-order valence-electron chi connectivity index (χ0n) is 9.56. The van der Waals surface area contributed by atoms with E-state index >= 15 is 0 Å². The van der Waals surface area contributed by atoms with Gasteiger partial charge in [0, 0.05) is 26.2 Å². The Morgan fingerprint density at radius 2 is 1.81 bits per heavy atom. The molecule has 2 atom stereocenters. The maximum absolute atomic E-state index is 11.9. The van der Waals surface area contributed by atoms with Crippen molar-refractivity contribution in [2.75, 3.05) is 32.7 Å². The summed E-state index contributed by atoms with van der Waals surface area (Å²) < 4.78 is 0. The van der Waals surface area contributed by atoms with E-state index in [-0.39, 0.29) is 11.8 Å². The van der Waals surface area contributed by atoms with Gasteiger partial charge >= 0.3 is 5.97 Å². The van der Waals surface area contributed by atoms with Crippen LogP contribution in [0.15, 0.2) is 0 Å². The maximum Gasteiger partial charge on any atom is 0.307 e. The first-order chi connectivity index (χ1) is 7.63. The Hall–Kier alpha value is -1.10. The molecule has 0 aromatic heterocycles. The van der Waals surface area contributed by atoms with Crippen molar-refractivity contribution in [1.82, 2.24) is 9.80 Å². The van der Waals surface area contributed by atoms with Gasteiger partial charge in [-0.25, -0.2) is 0 Å². The van der Waals surface area contributed by atoms with Gasteiger partial charge in [-0.1, -0.05) is 6.92 Å². The van der Waals surface area contributed by atoms with Crippen LogP contribution in [0.1, 0.15) is 13.3 Å². The molecule has 2 fully saturated rings. The Morgan fingerprint density at radius 1 is 1.19 bits per heavy atom. The van der Waals surface area contributed by atoms with Gasteiger partial charge in [-0.2, -0.15) is 0 Å². The Morgan fingerprint density at radius 3 is 2.25 bits per heavy atom. The molecule has 0 radical (unpaired) electrons. The largest absolute Gasteiger partial charge is 0.481 e. The molecule has 1 aliphatic carbocycles. The standard InChI is InChI=1S/C11H18N2O3/c1-2-12-3-5-13(6-4-12)10(14)8-7-9(8)11(15)16/h8-9H,2-7H2,1H3,(H,15,16)/t8-,9+/m1/s1. The number of likely N-dealkylation sites (N-methyl/N-ethyl adjacent to an activating group) is 1. The van der Waals surface area contributed by atoms with Gasteiger partial charge in [-0.15, -0.1) is 0 Å². The number of amides is 1. The van der Waals surface area contributed by atoms with E-state index in [9.17, 15) is 9.59 Å². The molecule has 16 heavy (non-hydrogen) atoms. The van der Waals surface area contributed by atoms with Gasteiger partial charge in [-0.05, 0) is 13.0 Å². The molecule has 1 saturated carbocycles. The van der Waals surface area contributed by atoms with Gasteiger partial charge in [0.1, 0.15) is 0 Å². The van der Waals surface area contributed by atoms with E-state index in [0.717, 1.165) is 32.7 Å². The molecule has 0 aromatic rings. The number of carbonyl (C=O) groups excluding carboxylic acids is 1. The summed E-state index contributed by atoms with van der Waals surface area (Å²) in [5.41, 5.74) is 0. The Labute approximate surface area is 95.0 Å². The summed E-state index contributed by atoms with van der Waals surface area (Å²) in [6.45, 7) is 6.44. The number of hydrogen-bond donors (Lipinski definition) is 1. The van der Waals surface area contributed by atoms with Crippen LogP contribution in [0.5, 0.6) is 0 Å². The summed E-state index contributed by atoms with van der Waals surface area (Å²) in [5.74, 6) is -1.45. The summed E-state index contributed by atoms with van der Waals surface area (Å²) in [5, 5.41) is 8.77. The normalized spacial score (nSPS) is 30.2. The number of carboxylic acids is 1. The van der Waals surface area contributed by atoms with Crippen molar-refractivity contribution in [1.29, 1.82) is 0 Å². The summed E-state index contributed by atoms with van der Waals surface area (Å²) in [4.78, 5) is 26.7. The fourth-order valence-corrected chi connectivity index (χ4v) is 2.26. The quantitative estimate of drug-likeness (QED) is 0.728. The molecule has 0 spiro atoms. The summed E-state index contributed by atoms with van der Waals surface area (Å²) >= 11 is 0. The number of aliphatic carboxylic acids is 1. The number of rotatable bonds is 3. The van der Waals surface area contributed by atoms with Gasteiger partial charge in [0.05, 0.1) is 11.8 Å². The minimum Gasteiger partial charge on any atom is -0.481 e. The fourth-order valence-electron chi connectivity index (χ4n) is 2.26. The average molecular weight is 226 g/mol. The number of nitrogens with zero attached hydrogens (tertiary/aromatic N) is 2. The summed E-state index contributed by atoms with van der Waals surface area (Å²) in [6.07, 6.45) is 0.530. The van der Waals surface area contributed by atoms with E-state index in [1.807, 2.05) is 4.90 Å². The SMILES string of the molecule is CCN1CCN(C(=O)[C@@H]2C[C@@H]2C(=O)O)CC1. The van der Waals surface area contributed by atoms with Crippen LogP contribution in [0.25, 0.3) is 0 Å². The molecule has 0 bridgehead atoms. The third-order valence-electron chi connectivity index (χ3n) is 3.56. The van der Waals surface area contributed by atoms with E-state index in [4.69, 9.17) is 5.11 Å². The van der Waals surface area contributed by atoms with Crippen molar-refractivity contribution in [2.45, 2.75) is 13.3 Å². The molecular formula is C11H18N2O3. The zero-order chi connectivity index (χ0) is 11.7. The predicted molar refractivity (Wildman–Crippen MR) is 57.9 cm³/mol. The van der Waals surface area contributed by atoms with E-state index < -0.39 is 11.9 Å². The van der Waals surface area contributed by atoms with Gasteiger partial charge in [0.25, 0.3) is 0 Å². The highest BCUT2D eigenvalue weighted by Gasteiger charge is 2.49. The van der Waals surface area contributed by atoms with E-state index in [0.29, 0.717) is 6.42 Å². The minimum atomic E-state index is -0.828. The summed E-state index contributed by atoms with van der Waals surface area (Å²) in [7, 11) is 0. The maximum atomic E-state index is 11.9. The highest BCUT2D eigenvalue weighted by molar-refractivity contribution is 5.89. The molecule has 1 heterocycles. The highest BCUT2D eigenvalue weighted by Crippen LogP contribution is 2.40. The van der Waals surface area contributed by atoms with E-state index in [1.165, 1.54) is 0 Å². The molecule has 0 unspecified atom stereocenters. The number of piperazine rings is 1. The average Bonchev–Trinajstić information content (AvgIpc) is 3.08. The van der Waals surface area contributed by atoms with Crippen molar-refractivity contribution < 1.29 is 14.7 Å². The molecule has 5 nitrogen and oxygen atoms in total. The Kier molecular flexibility index (Phi) is 3.14. The third kappa shape index (κ3) is 2.19. The molecule has 2 rings (SSSR count). The van der Waals surface area contributed by atoms with Crippen LogP contribution in [-0.2, 0) is 9.59 Å². The fraction of sp³-hybridized carbons (Fsp3) is 0.818. The lowest BCUT2D eigenvalue weighted by atomic mass is 10.2. The molecule has 0 aromatic carbocycles. The zero-order valence-corrected chi connectivity index (χ0v) is 9.56. The molecule has 90 valence electrons. The van der Waals surface area contributed by atoms with Crippen LogP contribution < -0.4 is 0 Å². The lowest BCUT2D eigenvalue weighted by Crippen LogP contribution is -2.49. The first-order valence-electron chi connectivity index (χ1n) is 5.87. The minimum absolute atomic E-state index is 0.0446. The molecule has 1 N–H and O–H groups in total. The van der Waals surface area contributed by atoms with Gasteiger partial charge in [0.15, 0.2) is 0 Å². The van der Waals surface area contributed by atoms with Crippen LogP contribution in [-0.4, -0.2) is 59.5 Å². The lowest BCUT2D eigenvalue weighted by molar-refractivity contribution is -0.142. The second-order valence-corrected chi connectivity index (χ2v) is 4.55. The molecule has 1 aliphatic heterocycles. The topological polar surface area (TPSA) is 60.9 Å². The summed E-state index contributed by atoms with van der Waals surface area (Å²) in [6, 6.07) is 0. The van der Waals surface area contributed by atoms with Crippen molar-refractivity contribution >= 4 is 11.9 Å². The Balaban J connectivity index is 1.82. The lowest BCUT2D eigenvalue weighted by Gasteiger charge is -2.34. The smallest absolute Gasteiger partial charge is 0.307 e. The first-order valence-corrected chi connectivity index (χ1v) is 5.87. The third-order valence-corrected chi connectivity index (χ3v) is 3.56. The Bertz CT molecular complexity index is 298. The van der Waals surface area contributed by atoms with Crippen LogP contribution in [0.3, 0.4) is 0 Å². The number of carboxylic acid groups (broad SMARTS) is 1. The predicted octanol–water partition coefficient (Wildman–Crippen LogP) is -0.129. The van der Waals surface area contributed by atoms with Gasteiger partial charge < -0.3 is 14.9 Å². The van der Waals surface area contributed by atoms with Crippen molar-refractivity contribution in [3.8, 4) is 0 Å². The van der Waals surface area contributed by atoms with Crippen molar-refractivity contribution in [2.24, 2.45) is 11.8 Å². The van der Waals surface area contributed by atoms with Gasteiger partial charge in [0.2, 0.25) is 5.91 Å². The first kappa shape index (κ1) is 11.4. The number of hydrogen-bond acceptors (Lipinski definition) is 3. The van der Waals surface area contributed by atoms with Crippen LogP contribution in [0, 0.1) is 11.8 Å². The molecule has 1 saturated heterocycles. The van der Waals surface area contributed by atoms with E-state index in [1.54, 1.807) is 0 Å². The van der Waals surface area contributed by atoms with Crippen molar-refractivity contribution in [3.63, 3.8) is 0 Å². The second kappa shape index (κ2) is 4.41. The van der Waals surface area contributed by atoms with E-state index in [2.05, 4.69) is 11.8 Å². The van der Waals surface area contributed by atoms with Gasteiger partial charge in [-0.3, -0.25) is 9.59 Å². The van der Waals surface area contributed by atoms with Crippen molar-refractivity contribution in [3.05, 3.63) is 0 Å². The van der Waals surface area contributed by atoms with Crippen LogP contribution in [0.2, 0.25) is 0 Å². The molecular weight excluding hydrogens is 208 g/mol. The van der Waals surface area contributed by atoms with Crippen LogP contribution in [0.4, 0.5) is 0 Å². The number of carbonyl (C=O) groups is 2. The van der Waals surface area contributed by atoms with Crippen LogP contribution >= 0.6 is 0 Å². The molecule has 5 heteroatoms. The monoisotopic (exact) mass is 226 g/mol. The second-order valence-electron chi connectivity index (χ2n) is 4.55. The highest BCUT2D eigenvalue weighted by atomic mass is 16.4. The molecule has 2 aliphatic rings.